The molecular weight excluding hydrogens is 513 g/mol. The zero-order chi connectivity index (χ0) is 27.8. The molecule has 0 spiro atoms. The second kappa shape index (κ2) is 13.8. The summed E-state index contributed by atoms with van der Waals surface area (Å²) in [7, 11) is -0.441. The van der Waals surface area contributed by atoms with Crippen LogP contribution in [-0.2, 0) is 0 Å². The Bertz CT molecular complexity index is 738. The fourth-order valence-electron chi connectivity index (χ4n) is 3.69. The minimum absolute atomic E-state index is 0.137. The summed E-state index contributed by atoms with van der Waals surface area (Å²) in [5.41, 5.74) is 2.68. The fraction of sp³-hybridized carbons (Fsp3) is 0.625. The van der Waals surface area contributed by atoms with E-state index < -0.39 is 0 Å². The van der Waals surface area contributed by atoms with Crippen molar-refractivity contribution in [1.29, 1.82) is 0 Å². The summed E-state index contributed by atoms with van der Waals surface area (Å²) in [5.74, 6) is 0. The Morgan fingerprint density at radius 3 is 0.771 bits per heavy atom. The van der Waals surface area contributed by atoms with Gasteiger partial charge in [-0.2, -0.15) is 0 Å². The molecule has 0 fully saturated rings. The van der Waals surface area contributed by atoms with E-state index in [0.717, 1.165) is 0 Å². The Kier molecular flexibility index (Phi) is 13.6. The van der Waals surface area contributed by atoms with Crippen molar-refractivity contribution < 1.29 is 0 Å². The summed E-state index contributed by atoms with van der Waals surface area (Å²) in [6.45, 7) is 37.4. The van der Waals surface area contributed by atoms with Gasteiger partial charge in [0.2, 0.25) is 0 Å². The molecule has 0 saturated carbocycles. The fourth-order valence-corrected chi connectivity index (χ4v) is 10.3. The van der Waals surface area contributed by atoms with Gasteiger partial charge >= 0.3 is 97.7 Å². The van der Waals surface area contributed by atoms with E-state index in [1.54, 1.807) is 0 Å². The molecule has 0 bridgehead atoms. The molecule has 0 aliphatic carbocycles. The Morgan fingerprint density at radius 2 is 0.629 bits per heavy atom. The van der Waals surface area contributed by atoms with E-state index in [4.69, 9.17) is 0 Å². The monoisotopic (exact) mass is 570 g/mol. The van der Waals surface area contributed by atoms with Crippen molar-refractivity contribution >= 4 is 41.8 Å². The molecule has 2 aromatic rings. The molecule has 0 atom stereocenters. The number of aryl methyl sites for hydroxylation is 2. The van der Waals surface area contributed by atoms with Crippen LogP contribution in [0.5, 0.6) is 0 Å². The molecule has 0 aliphatic rings. The predicted molar refractivity (Wildman–Crippen MR) is 169 cm³/mol. The first-order valence-corrected chi connectivity index (χ1v) is 19.2. The van der Waals surface area contributed by atoms with Gasteiger partial charge in [0, 0.05) is 0 Å². The Morgan fingerprint density at radius 1 is 0.429 bits per heavy atom. The van der Waals surface area contributed by atoms with Gasteiger partial charge in [0.05, 0.1) is 17.6 Å². The molecular formula is C32H56GeSi2. The normalized spacial score (nSPS) is 12.6. The molecule has 0 nitrogen and oxygen atoms in total. The van der Waals surface area contributed by atoms with Crippen LogP contribution in [0, 0.1) is 13.8 Å². The van der Waals surface area contributed by atoms with Gasteiger partial charge in [-0.25, -0.2) is 0 Å². The summed E-state index contributed by atoms with van der Waals surface area (Å²) >= 11 is -0.137. The third kappa shape index (κ3) is 14.7. The Labute approximate surface area is 230 Å². The first-order valence-electron chi connectivity index (χ1n) is 13.1. The van der Waals surface area contributed by atoms with Crippen molar-refractivity contribution in [3.8, 4) is 0 Å². The molecule has 0 saturated heterocycles. The van der Waals surface area contributed by atoms with Crippen LogP contribution >= 0.6 is 0 Å². The van der Waals surface area contributed by atoms with Crippen molar-refractivity contribution in [2.75, 3.05) is 0 Å². The van der Waals surface area contributed by atoms with Crippen molar-refractivity contribution in [3.63, 3.8) is 0 Å². The number of hydrogen-bond acceptors (Lipinski definition) is 0. The maximum absolute atomic E-state index is 2.44. The van der Waals surface area contributed by atoms with Gasteiger partial charge in [0.1, 0.15) is 0 Å². The summed E-state index contributed by atoms with van der Waals surface area (Å²) < 4.78 is 3.01. The molecule has 196 valence electrons. The van der Waals surface area contributed by atoms with Gasteiger partial charge in [-0.15, -0.1) is 0 Å². The maximum atomic E-state index is 2.44. The first kappa shape index (κ1) is 34.4. The molecule has 0 heterocycles. The molecule has 3 heteroatoms. The van der Waals surface area contributed by atoms with Gasteiger partial charge in [0.15, 0.2) is 0 Å². The minimum atomic E-state index is -0.221. The van der Waals surface area contributed by atoms with Crippen LogP contribution in [0.15, 0.2) is 48.5 Å². The van der Waals surface area contributed by atoms with Gasteiger partial charge in [-0.3, -0.25) is 0 Å². The van der Waals surface area contributed by atoms with Crippen molar-refractivity contribution in [1.82, 2.24) is 0 Å². The van der Waals surface area contributed by atoms with E-state index in [2.05, 4.69) is 159 Å². The second-order valence-electron chi connectivity index (χ2n) is 14.1. The molecule has 0 aliphatic heterocycles. The molecule has 0 aromatic heterocycles. The SMILES string of the molecule is C[Si](C(C)(C)C)C(C)(C)C.C[Si](C(C)(C)C)C(C)(C)C.Cc1cc[c]([Ge][c]2ccc(C)cc2)cc1. The third-order valence-corrected chi connectivity index (χ3v) is 18.5. The van der Waals surface area contributed by atoms with E-state index in [1.807, 2.05) is 0 Å². The molecule has 4 radical (unpaired) electrons. The van der Waals surface area contributed by atoms with Gasteiger partial charge in [-0.1, -0.05) is 96.2 Å². The molecule has 2 rings (SSSR count). The Balaban J connectivity index is 0.000000517. The Hall–Kier alpha value is -0.583. The summed E-state index contributed by atoms with van der Waals surface area (Å²) in [4.78, 5) is 0. The zero-order valence-corrected chi connectivity index (χ0v) is 30.2. The van der Waals surface area contributed by atoms with Crippen molar-refractivity contribution in [2.24, 2.45) is 0 Å². The summed E-state index contributed by atoms with van der Waals surface area (Å²) in [6, 6.07) is 17.8. The number of hydrogen-bond donors (Lipinski definition) is 0. The average molecular weight is 570 g/mol. The quantitative estimate of drug-likeness (QED) is 0.316. The molecule has 2 aromatic carbocycles. The van der Waals surface area contributed by atoms with Crippen LogP contribution in [0.4, 0.5) is 0 Å². The van der Waals surface area contributed by atoms with Crippen LogP contribution in [0.25, 0.3) is 0 Å². The van der Waals surface area contributed by atoms with Crippen LogP contribution in [0.1, 0.15) is 94.2 Å². The molecule has 35 heavy (non-hydrogen) atoms. The standard InChI is InChI=1S/C14H14Ge.2C9H21Si/c1-11-3-7-13(8-4-11)15-14-9-5-12(2)6-10-14;2*1-8(2,3)10(7)9(4,5)6/h3-10H,1-2H3;2*1-7H3. The molecule has 0 N–H and O–H groups in total. The zero-order valence-electron chi connectivity index (χ0n) is 26.1. The van der Waals surface area contributed by atoms with E-state index >= 15 is 0 Å². The van der Waals surface area contributed by atoms with Gasteiger partial charge in [-0.05, 0) is 20.2 Å². The van der Waals surface area contributed by atoms with E-state index in [-0.39, 0.29) is 33.0 Å². The summed E-state index contributed by atoms with van der Waals surface area (Å²) in [5, 5.41) is 2.18. The van der Waals surface area contributed by atoms with Crippen LogP contribution in [0.2, 0.25) is 33.2 Å². The topological polar surface area (TPSA) is 0 Å². The van der Waals surface area contributed by atoms with Crippen molar-refractivity contribution in [3.05, 3.63) is 59.7 Å². The summed E-state index contributed by atoms with van der Waals surface area (Å²) in [6.07, 6.45) is 0. The van der Waals surface area contributed by atoms with Crippen molar-refractivity contribution in [2.45, 2.75) is 130 Å². The van der Waals surface area contributed by atoms with E-state index in [1.165, 1.54) is 19.9 Å². The van der Waals surface area contributed by atoms with Gasteiger partial charge in [0.25, 0.3) is 0 Å². The van der Waals surface area contributed by atoms with Crippen LogP contribution in [-0.4, -0.2) is 33.0 Å². The first-order chi connectivity index (χ1) is 15.5. The van der Waals surface area contributed by atoms with E-state index in [0.29, 0.717) is 20.2 Å². The number of rotatable bonds is 2. The second-order valence-corrected chi connectivity index (χ2v) is 25.6. The van der Waals surface area contributed by atoms with Crippen LogP contribution < -0.4 is 8.79 Å². The molecule has 0 unspecified atom stereocenters. The van der Waals surface area contributed by atoms with Crippen LogP contribution in [0.3, 0.4) is 0 Å². The predicted octanol–water partition coefficient (Wildman–Crippen LogP) is 9.38. The third-order valence-electron chi connectivity index (χ3n) is 6.89. The van der Waals surface area contributed by atoms with Gasteiger partial charge < -0.3 is 0 Å². The number of benzene rings is 2. The molecule has 0 amide bonds. The average Bonchev–Trinajstić information content (AvgIpc) is 2.68. The van der Waals surface area contributed by atoms with E-state index in [9.17, 15) is 0 Å².